The third-order valence-corrected chi connectivity index (χ3v) is 4.16. The lowest BCUT2D eigenvalue weighted by Crippen LogP contribution is -2.21. The summed E-state index contributed by atoms with van der Waals surface area (Å²) in [5, 5.41) is 2.70. The summed E-state index contributed by atoms with van der Waals surface area (Å²) in [7, 11) is 0. The normalized spacial score (nSPS) is 10.7. The molecule has 0 saturated carbocycles. The van der Waals surface area contributed by atoms with Crippen LogP contribution in [0.5, 0.6) is 0 Å². The lowest BCUT2D eigenvalue weighted by Gasteiger charge is -2.10. The van der Waals surface area contributed by atoms with E-state index >= 15 is 0 Å². The molecule has 0 radical (unpaired) electrons. The summed E-state index contributed by atoms with van der Waals surface area (Å²) < 4.78 is 11.3. The van der Waals surface area contributed by atoms with Crippen molar-refractivity contribution in [3.8, 4) is 0 Å². The van der Waals surface area contributed by atoms with Crippen LogP contribution in [0.15, 0.2) is 46.9 Å². The third kappa shape index (κ3) is 6.28. The van der Waals surface area contributed by atoms with Crippen LogP contribution in [0.2, 0.25) is 0 Å². The molecular weight excluding hydrogens is 398 g/mol. The van der Waals surface area contributed by atoms with Crippen LogP contribution in [0.3, 0.4) is 0 Å². The Morgan fingerprint density at radius 1 is 1.12 bits per heavy atom. The number of amides is 1. The summed E-state index contributed by atoms with van der Waals surface area (Å²) in [6.07, 6.45) is 0.145. The van der Waals surface area contributed by atoms with E-state index in [1.807, 2.05) is 45.0 Å². The number of rotatable bonds is 7. The van der Waals surface area contributed by atoms with Gasteiger partial charge in [-0.15, -0.1) is 0 Å². The van der Waals surface area contributed by atoms with Crippen molar-refractivity contribution in [3.05, 3.63) is 63.6 Å². The highest BCUT2D eigenvalue weighted by molar-refractivity contribution is 9.10. The van der Waals surface area contributed by atoms with E-state index in [-0.39, 0.29) is 12.7 Å². The van der Waals surface area contributed by atoms with Gasteiger partial charge in [-0.05, 0) is 72.1 Å². The summed E-state index contributed by atoms with van der Waals surface area (Å²) >= 11 is 3.39. The molecular formula is C20H22BrNO4. The van der Waals surface area contributed by atoms with Gasteiger partial charge in [0.2, 0.25) is 0 Å². The molecule has 0 heterocycles. The molecule has 5 nitrogen and oxygen atoms in total. The molecule has 0 aliphatic rings. The molecule has 0 atom stereocenters. The first kappa shape index (κ1) is 20.1. The van der Waals surface area contributed by atoms with E-state index < -0.39 is 11.9 Å². The molecule has 1 amide bonds. The van der Waals surface area contributed by atoms with Crippen molar-refractivity contribution >= 4 is 33.5 Å². The number of aryl methyl sites for hydroxylation is 1. The molecule has 1 N–H and O–H groups in total. The van der Waals surface area contributed by atoms with Gasteiger partial charge in [-0.3, -0.25) is 4.79 Å². The lowest BCUT2D eigenvalue weighted by molar-refractivity contribution is -0.119. The average molecular weight is 420 g/mol. The van der Waals surface area contributed by atoms with E-state index in [2.05, 4.69) is 21.2 Å². The first-order chi connectivity index (χ1) is 12.3. The van der Waals surface area contributed by atoms with Crippen molar-refractivity contribution in [2.75, 3.05) is 11.9 Å². The lowest BCUT2D eigenvalue weighted by atomic mass is 10.1. The summed E-state index contributed by atoms with van der Waals surface area (Å²) in [4.78, 5) is 24.0. The van der Waals surface area contributed by atoms with Crippen LogP contribution in [0.1, 0.15) is 35.3 Å². The van der Waals surface area contributed by atoms with Gasteiger partial charge in [0.05, 0.1) is 24.0 Å². The van der Waals surface area contributed by atoms with E-state index in [0.717, 1.165) is 15.6 Å². The topological polar surface area (TPSA) is 64.6 Å². The number of carbonyl (C=O) groups excluding carboxylic acids is 2. The van der Waals surface area contributed by atoms with E-state index in [1.165, 1.54) is 0 Å². The van der Waals surface area contributed by atoms with E-state index in [4.69, 9.17) is 9.47 Å². The fourth-order valence-corrected chi connectivity index (χ4v) is 2.71. The highest BCUT2D eigenvalue weighted by atomic mass is 79.9. The number of anilines is 1. The molecule has 2 aromatic rings. The standard InChI is InChI=1S/C20H22BrNO4/c1-13(2)25-11-15-5-7-16(8-6-15)20(24)26-12-19(23)22-18-9-4-14(3)10-17(18)21/h4-10,13H,11-12H2,1-3H3,(H,22,23). The maximum Gasteiger partial charge on any atom is 0.338 e. The largest absolute Gasteiger partial charge is 0.452 e. The van der Waals surface area contributed by atoms with Crippen molar-refractivity contribution in [3.63, 3.8) is 0 Å². The minimum Gasteiger partial charge on any atom is -0.452 e. The Bertz CT molecular complexity index is 772. The molecule has 0 aliphatic carbocycles. The number of esters is 1. The Morgan fingerprint density at radius 2 is 1.81 bits per heavy atom. The van der Waals surface area contributed by atoms with Gasteiger partial charge in [0.1, 0.15) is 0 Å². The number of hydrogen-bond donors (Lipinski definition) is 1. The van der Waals surface area contributed by atoms with Crippen molar-refractivity contribution < 1.29 is 19.1 Å². The minimum atomic E-state index is -0.542. The number of carbonyl (C=O) groups is 2. The molecule has 6 heteroatoms. The highest BCUT2D eigenvalue weighted by Crippen LogP contribution is 2.23. The van der Waals surface area contributed by atoms with Crippen LogP contribution >= 0.6 is 15.9 Å². The summed E-state index contributed by atoms with van der Waals surface area (Å²) in [6, 6.07) is 12.5. The Balaban J connectivity index is 1.84. The highest BCUT2D eigenvalue weighted by Gasteiger charge is 2.11. The number of ether oxygens (including phenoxy) is 2. The number of nitrogens with one attached hydrogen (secondary N) is 1. The number of benzene rings is 2. The van der Waals surface area contributed by atoms with Gasteiger partial charge in [0.25, 0.3) is 5.91 Å². The van der Waals surface area contributed by atoms with Gasteiger partial charge < -0.3 is 14.8 Å². The van der Waals surface area contributed by atoms with Crippen LogP contribution in [0.25, 0.3) is 0 Å². The zero-order valence-corrected chi connectivity index (χ0v) is 16.6. The zero-order valence-electron chi connectivity index (χ0n) is 15.0. The SMILES string of the molecule is Cc1ccc(NC(=O)COC(=O)c2ccc(COC(C)C)cc2)c(Br)c1. The Hall–Kier alpha value is -2.18. The van der Waals surface area contributed by atoms with Gasteiger partial charge in [-0.25, -0.2) is 4.79 Å². The molecule has 0 bridgehead atoms. The van der Waals surface area contributed by atoms with E-state index in [0.29, 0.717) is 17.9 Å². The summed E-state index contributed by atoms with van der Waals surface area (Å²) in [5.74, 6) is -0.940. The molecule has 0 fully saturated rings. The monoisotopic (exact) mass is 419 g/mol. The molecule has 2 aromatic carbocycles. The second kappa shape index (κ2) is 9.50. The average Bonchev–Trinajstić information content (AvgIpc) is 2.60. The number of halogens is 1. The van der Waals surface area contributed by atoms with Crippen molar-refractivity contribution in [2.24, 2.45) is 0 Å². The first-order valence-corrected chi connectivity index (χ1v) is 9.08. The molecule has 2 rings (SSSR count). The van der Waals surface area contributed by atoms with Gasteiger partial charge in [-0.2, -0.15) is 0 Å². The van der Waals surface area contributed by atoms with Crippen molar-refractivity contribution in [2.45, 2.75) is 33.5 Å². The fourth-order valence-electron chi connectivity index (χ4n) is 2.12. The maximum atomic E-state index is 12.0. The molecule has 0 aromatic heterocycles. The van der Waals surface area contributed by atoms with Crippen LogP contribution in [-0.2, 0) is 20.9 Å². The fraction of sp³-hybridized carbons (Fsp3) is 0.300. The molecule has 0 saturated heterocycles. The predicted molar refractivity (Wildman–Crippen MR) is 104 cm³/mol. The number of hydrogen-bond acceptors (Lipinski definition) is 4. The van der Waals surface area contributed by atoms with Crippen LogP contribution in [-0.4, -0.2) is 24.6 Å². The van der Waals surface area contributed by atoms with Crippen molar-refractivity contribution in [1.29, 1.82) is 0 Å². The Kier molecular flexibility index (Phi) is 7.36. The van der Waals surface area contributed by atoms with Gasteiger partial charge in [0, 0.05) is 4.47 Å². The van der Waals surface area contributed by atoms with Crippen molar-refractivity contribution in [1.82, 2.24) is 0 Å². The quantitative estimate of drug-likeness (QED) is 0.671. The molecule has 26 heavy (non-hydrogen) atoms. The first-order valence-electron chi connectivity index (χ1n) is 8.29. The second-order valence-electron chi connectivity index (χ2n) is 6.16. The zero-order chi connectivity index (χ0) is 19.1. The Labute approximate surface area is 161 Å². The maximum absolute atomic E-state index is 12.0. The predicted octanol–water partition coefficient (Wildman–Crippen LogP) is 4.48. The molecule has 0 aliphatic heterocycles. The van der Waals surface area contributed by atoms with Crippen LogP contribution < -0.4 is 5.32 Å². The molecule has 0 spiro atoms. The summed E-state index contributed by atoms with van der Waals surface area (Å²) in [6.45, 7) is 6.02. The smallest absolute Gasteiger partial charge is 0.338 e. The van der Waals surface area contributed by atoms with Gasteiger partial charge >= 0.3 is 5.97 Å². The van der Waals surface area contributed by atoms with Gasteiger partial charge in [-0.1, -0.05) is 18.2 Å². The summed E-state index contributed by atoms with van der Waals surface area (Å²) in [5.41, 5.74) is 3.06. The van der Waals surface area contributed by atoms with E-state index in [9.17, 15) is 9.59 Å². The third-order valence-electron chi connectivity index (χ3n) is 3.51. The molecule has 138 valence electrons. The minimum absolute atomic E-state index is 0.145. The van der Waals surface area contributed by atoms with E-state index in [1.54, 1.807) is 18.2 Å². The van der Waals surface area contributed by atoms with Gasteiger partial charge in [0.15, 0.2) is 6.61 Å². The van der Waals surface area contributed by atoms with Crippen LogP contribution in [0, 0.1) is 6.92 Å². The molecule has 0 unspecified atom stereocenters. The van der Waals surface area contributed by atoms with Crippen LogP contribution in [0.4, 0.5) is 5.69 Å². The second-order valence-corrected chi connectivity index (χ2v) is 7.02. The Morgan fingerprint density at radius 3 is 2.42 bits per heavy atom.